The molecule has 1 aliphatic rings. The first-order valence-corrected chi connectivity index (χ1v) is 9.18. The van der Waals surface area contributed by atoms with Gasteiger partial charge in [-0.15, -0.1) is 0 Å². The summed E-state index contributed by atoms with van der Waals surface area (Å²) in [6.45, 7) is 1.92. The molecular weight excluding hydrogens is 354 g/mol. The molecule has 0 saturated heterocycles. The molecule has 8 heteroatoms. The molecule has 3 rings (SSSR count). The number of nitrogens with zero attached hydrogens (tertiary/aromatic N) is 2. The normalized spacial score (nSPS) is 13.3. The molecule has 0 unspecified atom stereocenters. The van der Waals surface area contributed by atoms with Gasteiger partial charge in [0.05, 0.1) is 25.5 Å². The van der Waals surface area contributed by atoms with Gasteiger partial charge in [-0.3, -0.25) is 14.9 Å². The largest absolute Gasteiger partial charge is 0.382 e. The number of carbonyl (C=O) groups is 2. The molecule has 0 spiro atoms. The average Bonchev–Trinajstić information content (AvgIpc) is 3.06. The zero-order valence-electron chi connectivity index (χ0n) is 14.6. The van der Waals surface area contributed by atoms with Crippen LogP contribution in [0.2, 0.25) is 0 Å². The Bertz CT molecular complexity index is 763. The number of carbonyl (C=O) groups excluding carboxylic acids is 2. The van der Waals surface area contributed by atoms with Crippen LogP contribution in [0.25, 0.3) is 0 Å². The average molecular weight is 375 g/mol. The summed E-state index contributed by atoms with van der Waals surface area (Å²) in [5, 5.41) is 3.30. The lowest BCUT2D eigenvalue weighted by molar-refractivity contribution is -0.121. The first-order chi connectivity index (χ1) is 12.7. The number of fused-ring (bicyclic) bond motifs is 1. The third kappa shape index (κ3) is 4.66. The minimum Gasteiger partial charge on any atom is -0.382 e. The van der Waals surface area contributed by atoms with Gasteiger partial charge >= 0.3 is 0 Å². The molecule has 1 aromatic heterocycles. The van der Waals surface area contributed by atoms with Crippen molar-refractivity contribution < 1.29 is 19.1 Å². The van der Waals surface area contributed by atoms with E-state index in [4.69, 9.17) is 9.47 Å². The minimum atomic E-state index is -0.246. The highest BCUT2D eigenvalue weighted by atomic mass is 32.1. The van der Waals surface area contributed by atoms with E-state index in [-0.39, 0.29) is 18.4 Å². The number of hydrogen-bond acceptors (Lipinski definition) is 6. The van der Waals surface area contributed by atoms with Gasteiger partial charge in [0, 0.05) is 30.5 Å². The van der Waals surface area contributed by atoms with Crippen molar-refractivity contribution in [2.24, 2.45) is 0 Å². The Balaban J connectivity index is 1.57. The first kappa shape index (κ1) is 18.5. The van der Waals surface area contributed by atoms with Gasteiger partial charge in [0.1, 0.15) is 6.61 Å². The number of aromatic nitrogens is 1. The lowest BCUT2D eigenvalue weighted by atomic mass is 10.1. The molecule has 0 saturated carbocycles. The maximum atomic E-state index is 12.6. The first-order valence-electron chi connectivity index (χ1n) is 8.37. The van der Waals surface area contributed by atoms with Crippen LogP contribution in [0.4, 0.5) is 5.13 Å². The molecule has 2 amide bonds. The van der Waals surface area contributed by atoms with E-state index >= 15 is 0 Å². The summed E-state index contributed by atoms with van der Waals surface area (Å²) < 4.78 is 10.1. The summed E-state index contributed by atoms with van der Waals surface area (Å²) in [4.78, 5) is 31.7. The molecule has 0 atom stereocenters. The Kier molecular flexibility index (Phi) is 6.32. The van der Waals surface area contributed by atoms with Crippen molar-refractivity contribution in [2.45, 2.75) is 13.0 Å². The van der Waals surface area contributed by atoms with Gasteiger partial charge in [-0.1, -0.05) is 29.5 Å². The second kappa shape index (κ2) is 8.88. The number of methoxy groups -OCH3 is 1. The van der Waals surface area contributed by atoms with Crippen molar-refractivity contribution in [3.63, 3.8) is 0 Å². The molecule has 7 nitrogen and oxygen atoms in total. The maximum absolute atomic E-state index is 12.6. The Labute approximate surface area is 155 Å². The fourth-order valence-corrected chi connectivity index (χ4v) is 3.69. The van der Waals surface area contributed by atoms with Crippen LogP contribution >= 0.6 is 11.3 Å². The Morgan fingerprint density at radius 1 is 1.27 bits per heavy atom. The molecule has 26 heavy (non-hydrogen) atoms. The molecule has 1 aliphatic heterocycles. The van der Waals surface area contributed by atoms with Crippen molar-refractivity contribution >= 4 is 28.3 Å². The molecule has 0 fully saturated rings. The van der Waals surface area contributed by atoms with E-state index in [9.17, 15) is 9.59 Å². The number of rotatable bonds is 7. The predicted molar refractivity (Wildman–Crippen MR) is 98.3 cm³/mol. The minimum absolute atomic E-state index is 0.0155. The van der Waals surface area contributed by atoms with Gasteiger partial charge in [0.2, 0.25) is 0 Å². The van der Waals surface area contributed by atoms with Crippen LogP contribution in [0.15, 0.2) is 30.3 Å². The second-order valence-corrected chi connectivity index (χ2v) is 6.91. The third-order valence-electron chi connectivity index (χ3n) is 3.95. The van der Waals surface area contributed by atoms with Crippen molar-refractivity contribution in [3.8, 4) is 0 Å². The van der Waals surface area contributed by atoms with E-state index in [0.717, 1.165) is 10.6 Å². The highest BCUT2D eigenvalue weighted by Crippen LogP contribution is 2.29. The molecule has 2 aromatic rings. The number of amides is 2. The zero-order valence-corrected chi connectivity index (χ0v) is 15.4. The summed E-state index contributed by atoms with van der Waals surface area (Å²) >= 11 is 1.41. The fraction of sp³-hybridized carbons (Fsp3) is 0.389. The number of benzene rings is 1. The summed E-state index contributed by atoms with van der Waals surface area (Å²) in [5.74, 6) is -0.230. The highest BCUT2D eigenvalue weighted by Gasteiger charge is 2.25. The summed E-state index contributed by atoms with van der Waals surface area (Å²) in [6.07, 6.45) is 0.685. The SMILES string of the molecule is COCCOCC(=O)Nc1nc2c(s1)CN(C(=O)c1ccccc1)CC2. The lowest BCUT2D eigenvalue weighted by Gasteiger charge is -2.26. The Hall–Kier alpha value is -2.29. The molecule has 0 radical (unpaired) electrons. The van der Waals surface area contributed by atoms with E-state index in [1.54, 1.807) is 7.11 Å². The molecule has 2 heterocycles. The van der Waals surface area contributed by atoms with Gasteiger partial charge in [-0.05, 0) is 12.1 Å². The zero-order chi connectivity index (χ0) is 18.4. The number of thiazole rings is 1. The molecular formula is C18H21N3O4S. The third-order valence-corrected chi connectivity index (χ3v) is 4.95. The molecule has 1 N–H and O–H groups in total. The topological polar surface area (TPSA) is 80.8 Å². The number of ether oxygens (including phenoxy) is 2. The van der Waals surface area contributed by atoms with Crippen LogP contribution in [-0.4, -0.2) is 55.2 Å². The maximum Gasteiger partial charge on any atom is 0.254 e. The van der Waals surface area contributed by atoms with Crippen LogP contribution in [0.1, 0.15) is 20.9 Å². The summed E-state index contributed by atoms with van der Waals surface area (Å²) in [5.41, 5.74) is 1.63. The number of hydrogen-bond donors (Lipinski definition) is 1. The van der Waals surface area contributed by atoms with Crippen molar-refractivity contribution in [3.05, 3.63) is 46.5 Å². The van der Waals surface area contributed by atoms with E-state index in [2.05, 4.69) is 10.3 Å². The summed E-state index contributed by atoms with van der Waals surface area (Å²) in [6, 6.07) is 9.25. The molecule has 1 aromatic carbocycles. The van der Waals surface area contributed by atoms with Crippen molar-refractivity contribution in [1.82, 2.24) is 9.88 Å². The van der Waals surface area contributed by atoms with Crippen LogP contribution in [0.3, 0.4) is 0 Å². The Morgan fingerprint density at radius 2 is 2.08 bits per heavy atom. The van der Waals surface area contributed by atoms with E-state index < -0.39 is 0 Å². The Morgan fingerprint density at radius 3 is 2.85 bits per heavy atom. The molecule has 138 valence electrons. The standard InChI is InChI=1S/C18H21N3O4S/c1-24-9-10-25-12-16(22)20-18-19-14-7-8-21(11-15(14)26-18)17(23)13-5-3-2-4-6-13/h2-6H,7-12H2,1H3,(H,19,20,22). The van der Waals surface area contributed by atoms with E-state index in [1.807, 2.05) is 35.2 Å². The quantitative estimate of drug-likeness (QED) is 0.748. The van der Waals surface area contributed by atoms with Crippen LogP contribution < -0.4 is 5.32 Å². The van der Waals surface area contributed by atoms with Crippen molar-refractivity contribution in [1.29, 1.82) is 0 Å². The molecule has 0 bridgehead atoms. The number of nitrogens with one attached hydrogen (secondary N) is 1. The van der Waals surface area contributed by atoms with Crippen LogP contribution in [-0.2, 0) is 27.2 Å². The second-order valence-electron chi connectivity index (χ2n) is 5.83. The van der Waals surface area contributed by atoms with Gasteiger partial charge < -0.3 is 14.4 Å². The van der Waals surface area contributed by atoms with Crippen LogP contribution in [0.5, 0.6) is 0 Å². The molecule has 0 aliphatic carbocycles. The monoisotopic (exact) mass is 375 g/mol. The predicted octanol–water partition coefficient (Wildman–Crippen LogP) is 1.94. The highest BCUT2D eigenvalue weighted by molar-refractivity contribution is 7.15. The number of anilines is 1. The van der Waals surface area contributed by atoms with Gasteiger partial charge in [-0.25, -0.2) is 4.98 Å². The van der Waals surface area contributed by atoms with Gasteiger partial charge in [0.25, 0.3) is 11.8 Å². The fourth-order valence-electron chi connectivity index (χ4n) is 2.65. The van der Waals surface area contributed by atoms with Gasteiger partial charge in [0.15, 0.2) is 5.13 Å². The van der Waals surface area contributed by atoms with Gasteiger partial charge in [-0.2, -0.15) is 0 Å². The lowest BCUT2D eigenvalue weighted by Crippen LogP contribution is -2.35. The van der Waals surface area contributed by atoms with E-state index in [1.165, 1.54) is 11.3 Å². The van der Waals surface area contributed by atoms with E-state index in [0.29, 0.717) is 43.4 Å². The summed E-state index contributed by atoms with van der Waals surface area (Å²) in [7, 11) is 1.58. The van der Waals surface area contributed by atoms with Crippen molar-refractivity contribution in [2.75, 3.05) is 38.8 Å². The smallest absolute Gasteiger partial charge is 0.254 e. The van der Waals surface area contributed by atoms with Crippen LogP contribution in [0, 0.1) is 0 Å².